The van der Waals surface area contributed by atoms with Crippen molar-refractivity contribution in [2.45, 2.75) is 24.3 Å². The lowest BCUT2D eigenvalue weighted by Crippen LogP contribution is -2.03. The lowest BCUT2D eigenvalue weighted by molar-refractivity contribution is 0.374. The highest BCUT2D eigenvalue weighted by molar-refractivity contribution is 7.99. The fraction of sp³-hybridized carbons (Fsp3) is 0.571. The molecule has 0 amide bonds. The van der Waals surface area contributed by atoms with Gasteiger partial charge < -0.3 is 10.5 Å². The summed E-state index contributed by atoms with van der Waals surface area (Å²) < 4.78 is 4.86. The van der Waals surface area contributed by atoms with Gasteiger partial charge in [0.25, 0.3) is 0 Å². The zero-order valence-corrected chi connectivity index (χ0v) is 8.63. The van der Waals surface area contributed by atoms with E-state index in [1.165, 1.54) is 18.9 Å². The topological polar surface area (TPSA) is 73.9 Å². The van der Waals surface area contributed by atoms with Gasteiger partial charge in [0, 0.05) is 5.25 Å². The van der Waals surface area contributed by atoms with Crippen LogP contribution in [0.5, 0.6) is 6.01 Å². The van der Waals surface area contributed by atoms with Gasteiger partial charge in [0.05, 0.1) is 7.11 Å². The highest BCUT2D eigenvalue weighted by atomic mass is 32.2. The molecule has 0 aliphatic heterocycles. The molecule has 0 aliphatic rings. The maximum Gasteiger partial charge on any atom is 0.321 e. The van der Waals surface area contributed by atoms with Gasteiger partial charge in [0.15, 0.2) is 5.16 Å². The molecule has 1 heterocycles. The number of anilines is 1. The first-order valence-electron chi connectivity index (χ1n) is 3.84. The zero-order chi connectivity index (χ0) is 9.84. The largest absolute Gasteiger partial charge is 0.467 e. The molecule has 0 bridgehead atoms. The number of nitrogen functional groups attached to an aromatic ring is 1. The third-order valence-electron chi connectivity index (χ3n) is 1.14. The number of hydrogen-bond acceptors (Lipinski definition) is 6. The smallest absolute Gasteiger partial charge is 0.321 e. The molecule has 0 atom stereocenters. The summed E-state index contributed by atoms with van der Waals surface area (Å²) in [6, 6.07) is 0.260. The van der Waals surface area contributed by atoms with Crippen molar-refractivity contribution in [2.75, 3.05) is 12.8 Å². The standard InChI is InChI=1S/C7H12N4OS/c1-4(2)13-7-10-5(8)9-6(11-7)12-3/h4H,1-3H3,(H2,8,9,10,11). The van der Waals surface area contributed by atoms with Gasteiger partial charge in [0.1, 0.15) is 0 Å². The second-order valence-electron chi connectivity index (χ2n) is 2.63. The van der Waals surface area contributed by atoms with Gasteiger partial charge in [-0.3, -0.25) is 0 Å². The van der Waals surface area contributed by atoms with Crippen molar-refractivity contribution >= 4 is 17.7 Å². The van der Waals surface area contributed by atoms with Crippen LogP contribution in [0.2, 0.25) is 0 Å². The van der Waals surface area contributed by atoms with Crippen LogP contribution in [0.3, 0.4) is 0 Å². The van der Waals surface area contributed by atoms with Crippen molar-refractivity contribution < 1.29 is 4.74 Å². The minimum Gasteiger partial charge on any atom is -0.467 e. The molecular formula is C7H12N4OS. The third kappa shape index (κ3) is 3.06. The van der Waals surface area contributed by atoms with Crippen LogP contribution in [0.25, 0.3) is 0 Å². The second-order valence-corrected chi connectivity index (χ2v) is 4.17. The number of ether oxygens (including phenoxy) is 1. The van der Waals surface area contributed by atoms with E-state index in [4.69, 9.17) is 10.5 Å². The zero-order valence-electron chi connectivity index (χ0n) is 7.81. The van der Waals surface area contributed by atoms with E-state index < -0.39 is 0 Å². The van der Waals surface area contributed by atoms with Crippen LogP contribution in [0, 0.1) is 0 Å². The number of rotatable bonds is 3. The first-order valence-corrected chi connectivity index (χ1v) is 4.72. The Morgan fingerprint density at radius 2 is 2.00 bits per heavy atom. The number of aromatic nitrogens is 3. The predicted octanol–water partition coefficient (Wildman–Crippen LogP) is 0.963. The molecule has 72 valence electrons. The minimum absolute atomic E-state index is 0.190. The molecule has 0 saturated heterocycles. The Bertz CT molecular complexity index is 292. The first-order chi connectivity index (χ1) is 6.11. The fourth-order valence-corrected chi connectivity index (χ4v) is 1.41. The predicted molar refractivity (Wildman–Crippen MR) is 51.8 cm³/mol. The van der Waals surface area contributed by atoms with Crippen LogP contribution in [-0.4, -0.2) is 27.3 Å². The third-order valence-corrected chi connectivity index (χ3v) is 2.00. The Morgan fingerprint density at radius 3 is 2.54 bits per heavy atom. The van der Waals surface area contributed by atoms with Crippen LogP contribution in [0.4, 0.5) is 5.95 Å². The Balaban J connectivity index is 2.88. The van der Waals surface area contributed by atoms with E-state index in [-0.39, 0.29) is 12.0 Å². The molecule has 13 heavy (non-hydrogen) atoms. The van der Waals surface area contributed by atoms with Gasteiger partial charge in [-0.05, 0) is 0 Å². The molecule has 1 aromatic rings. The van der Waals surface area contributed by atoms with Crippen molar-refractivity contribution in [1.29, 1.82) is 0 Å². The summed E-state index contributed by atoms with van der Waals surface area (Å²) in [6.45, 7) is 4.11. The van der Waals surface area contributed by atoms with Crippen LogP contribution in [0.1, 0.15) is 13.8 Å². The Labute approximate surface area is 81.1 Å². The van der Waals surface area contributed by atoms with Crippen LogP contribution < -0.4 is 10.5 Å². The molecule has 6 heteroatoms. The molecule has 0 radical (unpaired) electrons. The summed E-state index contributed by atoms with van der Waals surface area (Å²) in [5, 5.41) is 1.01. The summed E-state index contributed by atoms with van der Waals surface area (Å²) in [5.41, 5.74) is 5.46. The average Bonchev–Trinajstić information content (AvgIpc) is 2.01. The number of hydrogen-bond donors (Lipinski definition) is 1. The van der Waals surface area contributed by atoms with Crippen molar-refractivity contribution in [3.05, 3.63) is 0 Å². The normalized spacial score (nSPS) is 10.5. The van der Waals surface area contributed by atoms with Crippen molar-refractivity contribution in [2.24, 2.45) is 0 Å². The maximum absolute atomic E-state index is 5.46. The van der Waals surface area contributed by atoms with Crippen molar-refractivity contribution in [3.8, 4) is 6.01 Å². The van der Waals surface area contributed by atoms with Crippen LogP contribution >= 0.6 is 11.8 Å². The molecule has 0 saturated carbocycles. The quantitative estimate of drug-likeness (QED) is 0.733. The van der Waals surface area contributed by atoms with E-state index >= 15 is 0 Å². The highest BCUT2D eigenvalue weighted by Crippen LogP contribution is 2.20. The van der Waals surface area contributed by atoms with Gasteiger partial charge in [0.2, 0.25) is 5.95 Å². The molecule has 1 rings (SSSR count). The molecular weight excluding hydrogens is 188 g/mol. The molecule has 5 nitrogen and oxygen atoms in total. The van der Waals surface area contributed by atoms with Gasteiger partial charge in [-0.15, -0.1) is 0 Å². The lowest BCUT2D eigenvalue weighted by atomic mass is 10.6. The second kappa shape index (κ2) is 4.27. The molecule has 2 N–H and O–H groups in total. The Morgan fingerprint density at radius 1 is 1.31 bits per heavy atom. The number of methoxy groups -OCH3 is 1. The van der Waals surface area contributed by atoms with Gasteiger partial charge in [-0.25, -0.2) is 0 Å². The Kier molecular flexibility index (Phi) is 3.30. The molecule has 0 aliphatic carbocycles. The summed E-state index contributed by atoms with van der Waals surface area (Å²) >= 11 is 1.52. The molecule has 1 aromatic heterocycles. The van der Waals surface area contributed by atoms with Crippen LogP contribution in [-0.2, 0) is 0 Å². The molecule has 0 unspecified atom stereocenters. The number of nitrogens with zero attached hydrogens (tertiary/aromatic N) is 3. The van der Waals surface area contributed by atoms with E-state index in [0.717, 1.165) is 0 Å². The van der Waals surface area contributed by atoms with Crippen molar-refractivity contribution in [3.63, 3.8) is 0 Å². The van der Waals surface area contributed by atoms with Crippen molar-refractivity contribution in [1.82, 2.24) is 15.0 Å². The van der Waals surface area contributed by atoms with E-state index in [0.29, 0.717) is 10.4 Å². The van der Waals surface area contributed by atoms with Gasteiger partial charge in [-0.2, -0.15) is 15.0 Å². The summed E-state index contributed by atoms with van der Waals surface area (Å²) in [7, 11) is 1.50. The Hall–Kier alpha value is -1.04. The van der Waals surface area contributed by atoms with E-state index in [1.54, 1.807) is 0 Å². The minimum atomic E-state index is 0.190. The lowest BCUT2D eigenvalue weighted by Gasteiger charge is -2.04. The molecule has 0 aromatic carbocycles. The van der Waals surface area contributed by atoms with Gasteiger partial charge in [-0.1, -0.05) is 25.6 Å². The molecule has 0 spiro atoms. The number of thioether (sulfide) groups is 1. The fourth-order valence-electron chi connectivity index (χ4n) is 0.708. The van der Waals surface area contributed by atoms with Gasteiger partial charge >= 0.3 is 6.01 Å². The maximum atomic E-state index is 5.46. The summed E-state index contributed by atoms with van der Waals surface area (Å²) in [5.74, 6) is 0.190. The first kappa shape index (κ1) is 10.0. The SMILES string of the molecule is COc1nc(N)nc(SC(C)C)n1. The van der Waals surface area contributed by atoms with E-state index in [1.807, 2.05) is 0 Å². The van der Waals surface area contributed by atoms with E-state index in [2.05, 4.69) is 28.8 Å². The summed E-state index contributed by atoms with van der Waals surface area (Å²) in [4.78, 5) is 11.8. The monoisotopic (exact) mass is 200 g/mol. The summed E-state index contributed by atoms with van der Waals surface area (Å²) in [6.07, 6.45) is 0. The average molecular weight is 200 g/mol. The van der Waals surface area contributed by atoms with Crippen LogP contribution in [0.15, 0.2) is 5.16 Å². The van der Waals surface area contributed by atoms with E-state index in [9.17, 15) is 0 Å². The number of nitrogens with two attached hydrogens (primary N) is 1. The molecule has 0 fully saturated rings. The highest BCUT2D eigenvalue weighted by Gasteiger charge is 2.06.